The molecule has 7 aromatic rings. The van der Waals surface area contributed by atoms with Crippen molar-refractivity contribution in [3.8, 4) is 17.1 Å². The van der Waals surface area contributed by atoms with Gasteiger partial charge in [-0.1, -0.05) is 64.1 Å². The lowest BCUT2D eigenvalue weighted by Gasteiger charge is -2.11. The average Bonchev–Trinajstić information content (AvgIpc) is 3.59. The molecule has 0 amide bonds. The Balaban J connectivity index is 1.38. The third-order valence-electron chi connectivity index (χ3n) is 8.86. The molecular weight excluding hydrogens is 488 g/mol. The third kappa shape index (κ3) is 3.82. The fraction of sp³-hybridized carbons (Fsp3) is 0.222. The average molecular weight is 523 g/mol. The molecule has 0 saturated heterocycles. The number of aromatic nitrogens is 4. The van der Waals surface area contributed by atoms with Crippen LogP contribution in [0.25, 0.3) is 55.3 Å². The van der Waals surface area contributed by atoms with Crippen LogP contribution in [-0.4, -0.2) is 19.2 Å². The summed E-state index contributed by atoms with van der Waals surface area (Å²) in [5, 5.41) is 14.1. The van der Waals surface area contributed by atoms with Crippen LogP contribution in [0.1, 0.15) is 63.5 Å². The molecule has 0 fully saturated rings. The molecule has 0 saturated carbocycles. The number of fused-ring (bicyclic) bond motifs is 6. The molecule has 2 unspecified atom stereocenters. The summed E-state index contributed by atoms with van der Waals surface area (Å²) in [6.45, 7) is 9.17. The predicted octanol–water partition coefficient (Wildman–Crippen LogP) is 9.67. The fourth-order valence-corrected chi connectivity index (χ4v) is 5.99. The first-order valence-electron chi connectivity index (χ1n) is 14.5. The zero-order chi connectivity index (χ0) is 27.4. The Morgan fingerprint density at radius 1 is 0.650 bits per heavy atom. The van der Waals surface area contributed by atoms with E-state index in [-0.39, 0.29) is 0 Å². The van der Waals surface area contributed by atoms with Crippen molar-refractivity contribution >= 4 is 38.2 Å². The van der Waals surface area contributed by atoms with Gasteiger partial charge in [0, 0.05) is 33.6 Å². The summed E-state index contributed by atoms with van der Waals surface area (Å²) < 4.78 is 4.50. The molecule has 7 rings (SSSR count). The van der Waals surface area contributed by atoms with Crippen LogP contribution in [0, 0.1) is 0 Å². The Morgan fingerprint density at radius 3 is 1.90 bits per heavy atom. The quantitative estimate of drug-likeness (QED) is 0.218. The van der Waals surface area contributed by atoms with E-state index in [2.05, 4.69) is 144 Å². The number of nitrogens with zero attached hydrogens (tertiary/aromatic N) is 4. The first-order chi connectivity index (χ1) is 19.6. The number of pyridine rings is 1. The van der Waals surface area contributed by atoms with Crippen molar-refractivity contribution in [3.05, 3.63) is 108 Å². The minimum atomic E-state index is 0.537. The van der Waals surface area contributed by atoms with Gasteiger partial charge in [0.25, 0.3) is 0 Å². The number of benzene rings is 4. The highest BCUT2D eigenvalue weighted by Gasteiger charge is 2.17. The van der Waals surface area contributed by atoms with E-state index in [1.807, 2.05) is 0 Å². The summed E-state index contributed by atoms with van der Waals surface area (Å²) in [5.74, 6) is 1.93. The summed E-state index contributed by atoms with van der Waals surface area (Å²) >= 11 is 0. The molecule has 0 spiro atoms. The van der Waals surface area contributed by atoms with E-state index < -0.39 is 0 Å². The summed E-state index contributed by atoms with van der Waals surface area (Å²) in [6.07, 6.45) is 4.34. The van der Waals surface area contributed by atoms with Gasteiger partial charge in [0.2, 0.25) is 0 Å². The molecule has 0 aliphatic heterocycles. The zero-order valence-corrected chi connectivity index (χ0v) is 23.6. The Kier molecular flexibility index (Phi) is 5.92. The van der Waals surface area contributed by atoms with E-state index in [1.54, 1.807) is 0 Å². The summed E-state index contributed by atoms with van der Waals surface area (Å²) in [7, 11) is 0. The van der Waals surface area contributed by atoms with E-state index >= 15 is 0 Å². The molecule has 4 nitrogen and oxygen atoms in total. The van der Waals surface area contributed by atoms with Crippen LogP contribution >= 0.6 is 0 Å². The maximum Gasteiger partial charge on any atom is 0.168 e. The standard InChI is InChI=1S/C36H34N4/c1-5-23(3)27-13-17-33-31(21-27)32-22-28(24(4)6-2)14-18-34(32)40(33)29-15-11-26(12-16-29)35-37-38-36-30-10-8-7-9-25(30)19-20-39(35)36/h7-24H,5-6H2,1-4H3. The Bertz CT molecular complexity index is 1940. The smallest absolute Gasteiger partial charge is 0.168 e. The molecule has 3 heterocycles. The van der Waals surface area contributed by atoms with Crippen molar-refractivity contribution in [1.29, 1.82) is 0 Å². The van der Waals surface area contributed by atoms with Gasteiger partial charge in [0.05, 0.1) is 11.0 Å². The largest absolute Gasteiger partial charge is 0.309 e. The lowest BCUT2D eigenvalue weighted by Crippen LogP contribution is -1.96. The highest BCUT2D eigenvalue weighted by Crippen LogP contribution is 2.37. The molecule has 4 heteroatoms. The van der Waals surface area contributed by atoms with E-state index in [0.29, 0.717) is 11.8 Å². The predicted molar refractivity (Wildman–Crippen MR) is 168 cm³/mol. The van der Waals surface area contributed by atoms with Crippen LogP contribution in [0.2, 0.25) is 0 Å². The van der Waals surface area contributed by atoms with E-state index in [0.717, 1.165) is 41.0 Å². The molecule has 0 radical (unpaired) electrons. The number of hydrogen-bond acceptors (Lipinski definition) is 2. The van der Waals surface area contributed by atoms with Gasteiger partial charge in [0.1, 0.15) is 0 Å². The monoisotopic (exact) mass is 522 g/mol. The molecule has 0 aliphatic rings. The highest BCUT2D eigenvalue weighted by molar-refractivity contribution is 6.09. The Morgan fingerprint density at radius 2 is 1.27 bits per heavy atom. The van der Waals surface area contributed by atoms with Crippen molar-refractivity contribution in [3.63, 3.8) is 0 Å². The van der Waals surface area contributed by atoms with Gasteiger partial charge in [-0.05, 0) is 95.8 Å². The van der Waals surface area contributed by atoms with Gasteiger partial charge in [-0.15, -0.1) is 10.2 Å². The number of rotatable bonds is 6. The molecule has 40 heavy (non-hydrogen) atoms. The lowest BCUT2D eigenvalue weighted by molar-refractivity contribution is 0.734. The zero-order valence-electron chi connectivity index (χ0n) is 23.6. The van der Waals surface area contributed by atoms with Crippen LogP contribution in [0.15, 0.2) is 97.2 Å². The van der Waals surface area contributed by atoms with Crippen LogP contribution in [0.5, 0.6) is 0 Å². The molecule has 198 valence electrons. The topological polar surface area (TPSA) is 35.1 Å². The Labute approximate surface area is 234 Å². The minimum absolute atomic E-state index is 0.537. The molecule has 2 atom stereocenters. The van der Waals surface area contributed by atoms with Crippen LogP contribution in [-0.2, 0) is 0 Å². The van der Waals surface area contributed by atoms with Crippen LogP contribution < -0.4 is 0 Å². The minimum Gasteiger partial charge on any atom is -0.309 e. The molecular formula is C36H34N4. The second kappa shape index (κ2) is 9.63. The van der Waals surface area contributed by atoms with Crippen molar-refractivity contribution < 1.29 is 0 Å². The summed E-state index contributed by atoms with van der Waals surface area (Å²) in [4.78, 5) is 0. The van der Waals surface area contributed by atoms with Gasteiger partial charge in [-0.25, -0.2) is 0 Å². The van der Waals surface area contributed by atoms with Gasteiger partial charge in [0.15, 0.2) is 11.5 Å². The fourth-order valence-electron chi connectivity index (χ4n) is 5.99. The summed E-state index contributed by atoms with van der Waals surface area (Å²) in [5.41, 5.74) is 8.38. The number of hydrogen-bond donors (Lipinski definition) is 0. The lowest BCUT2D eigenvalue weighted by atomic mass is 9.95. The van der Waals surface area contributed by atoms with Gasteiger partial charge >= 0.3 is 0 Å². The maximum atomic E-state index is 4.58. The third-order valence-corrected chi connectivity index (χ3v) is 8.86. The van der Waals surface area contributed by atoms with Gasteiger partial charge in [-0.3, -0.25) is 4.40 Å². The van der Waals surface area contributed by atoms with E-state index in [9.17, 15) is 0 Å². The second-order valence-corrected chi connectivity index (χ2v) is 11.2. The van der Waals surface area contributed by atoms with Crippen molar-refractivity contribution in [1.82, 2.24) is 19.2 Å². The van der Waals surface area contributed by atoms with Crippen LogP contribution in [0.4, 0.5) is 0 Å². The van der Waals surface area contributed by atoms with Crippen molar-refractivity contribution in [2.45, 2.75) is 52.4 Å². The van der Waals surface area contributed by atoms with Crippen molar-refractivity contribution in [2.75, 3.05) is 0 Å². The van der Waals surface area contributed by atoms with Gasteiger partial charge < -0.3 is 4.57 Å². The Hall–Kier alpha value is -4.44. The molecule has 0 bridgehead atoms. The first-order valence-corrected chi connectivity index (χ1v) is 14.5. The molecule has 3 aromatic heterocycles. The molecule has 4 aromatic carbocycles. The first kappa shape index (κ1) is 24.6. The van der Waals surface area contributed by atoms with Gasteiger partial charge in [-0.2, -0.15) is 0 Å². The second-order valence-electron chi connectivity index (χ2n) is 11.2. The maximum absolute atomic E-state index is 4.58. The SMILES string of the molecule is CCC(C)c1ccc2c(c1)c1cc(C(C)CC)ccc1n2-c1ccc(-c2nnc3c4ccccc4ccn23)cc1. The molecule has 0 N–H and O–H groups in total. The van der Waals surface area contributed by atoms with E-state index in [4.69, 9.17) is 0 Å². The normalized spacial score (nSPS) is 13.5. The summed E-state index contributed by atoms with van der Waals surface area (Å²) in [6, 6.07) is 33.3. The van der Waals surface area contributed by atoms with E-state index in [1.165, 1.54) is 38.3 Å². The van der Waals surface area contributed by atoms with Crippen molar-refractivity contribution in [2.24, 2.45) is 0 Å². The highest BCUT2D eigenvalue weighted by atomic mass is 15.2. The molecule has 0 aliphatic carbocycles. The van der Waals surface area contributed by atoms with Crippen LogP contribution in [0.3, 0.4) is 0 Å².